The average Bonchev–Trinajstić information content (AvgIpc) is 2.78. The SMILES string of the molecule is O=C(N/N=C/c1cc(Br)ccc1OC(=O)c1ccccc1)C(=O)Nc1ccc(Cl)c(Cl)c1. The van der Waals surface area contributed by atoms with Crippen molar-refractivity contribution in [1.29, 1.82) is 0 Å². The van der Waals surface area contributed by atoms with Gasteiger partial charge in [-0.2, -0.15) is 5.10 Å². The number of amides is 2. The predicted molar refractivity (Wildman–Crippen MR) is 126 cm³/mol. The maximum atomic E-state index is 12.3. The van der Waals surface area contributed by atoms with Crippen LogP contribution < -0.4 is 15.5 Å². The number of halogens is 3. The number of hydrazone groups is 1. The van der Waals surface area contributed by atoms with E-state index in [0.29, 0.717) is 26.3 Å². The van der Waals surface area contributed by atoms with Gasteiger partial charge < -0.3 is 10.1 Å². The van der Waals surface area contributed by atoms with E-state index in [0.717, 1.165) is 0 Å². The van der Waals surface area contributed by atoms with Gasteiger partial charge in [-0.3, -0.25) is 9.59 Å². The fourth-order valence-corrected chi connectivity index (χ4v) is 3.10. The van der Waals surface area contributed by atoms with Crippen LogP contribution in [0.1, 0.15) is 15.9 Å². The smallest absolute Gasteiger partial charge is 0.343 e. The number of esters is 1. The normalized spacial score (nSPS) is 10.6. The van der Waals surface area contributed by atoms with Gasteiger partial charge in [0, 0.05) is 15.7 Å². The lowest BCUT2D eigenvalue weighted by atomic mass is 10.2. The molecule has 0 heterocycles. The molecule has 0 saturated carbocycles. The lowest BCUT2D eigenvalue weighted by Crippen LogP contribution is -2.32. The van der Waals surface area contributed by atoms with Crippen molar-refractivity contribution < 1.29 is 19.1 Å². The van der Waals surface area contributed by atoms with Crippen LogP contribution in [0.3, 0.4) is 0 Å². The van der Waals surface area contributed by atoms with Gasteiger partial charge in [-0.05, 0) is 48.5 Å². The number of nitrogens with zero attached hydrogens (tertiary/aromatic N) is 1. The fourth-order valence-electron chi connectivity index (χ4n) is 2.42. The molecule has 3 aromatic rings. The number of nitrogens with one attached hydrogen (secondary N) is 2. The number of rotatable bonds is 5. The summed E-state index contributed by atoms with van der Waals surface area (Å²) < 4.78 is 6.12. The summed E-state index contributed by atoms with van der Waals surface area (Å²) in [6.07, 6.45) is 1.25. The Kier molecular flexibility index (Phi) is 7.99. The van der Waals surface area contributed by atoms with Gasteiger partial charge in [-0.15, -0.1) is 0 Å². The number of benzene rings is 3. The van der Waals surface area contributed by atoms with E-state index >= 15 is 0 Å². The van der Waals surface area contributed by atoms with E-state index in [1.165, 1.54) is 24.4 Å². The monoisotopic (exact) mass is 533 g/mol. The molecule has 0 radical (unpaired) electrons. The number of carbonyl (C=O) groups is 3. The molecule has 0 fully saturated rings. The second-order valence-electron chi connectivity index (χ2n) is 6.22. The fraction of sp³-hybridized carbons (Fsp3) is 0. The molecular formula is C22H14BrCl2N3O4. The summed E-state index contributed by atoms with van der Waals surface area (Å²) in [4.78, 5) is 36.4. The van der Waals surface area contributed by atoms with Crippen molar-refractivity contribution in [2.45, 2.75) is 0 Å². The van der Waals surface area contributed by atoms with Crippen molar-refractivity contribution in [2.75, 3.05) is 5.32 Å². The third-order valence-corrected chi connectivity index (χ3v) is 5.17. The van der Waals surface area contributed by atoms with Crippen LogP contribution in [0, 0.1) is 0 Å². The zero-order valence-corrected chi connectivity index (χ0v) is 19.2. The maximum Gasteiger partial charge on any atom is 0.343 e. The Hall–Kier alpha value is -3.20. The Morgan fingerprint density at radius 3 is 2.38 bits per heavy atom. The molecule has 3 aromatic carbocycles. The molecule has 0 atom stereocenters. The third-order valence-electron chi connectivity index (χ3n) is 3.94. The Morgan fingerprint density at radius 1 is 0.906 bits per heavy atom. The van der Waals surface area contributed by atoms with Gasteiger partial charge in [-0.1, -0.05) is 57.3 Å². The molecule has 2 N–H and O–H groups in total. The van der Waals surface area contributed by atoms with Crippen LogP contribution in [0.25, 0.3) is 0 Å². The molecule has 0 aliphatic rings. The molecule has 0 saturated heterocycles. The topological polar surface area (TPSA) is 96.9 Å². The molecule has 2 amide bonds. The minimum Gasteiger partial charge on any atom is -0.422 e. The van der Waals surface area contributed by atoms with Crippen molar-refractivity contribution >= 4 is 68.8 Å². The summed E-state index contributed by atoms with van der Waals surface area (Å²) in [5.74, 6) is -2.29. The lowest BCUT2D eigenvalue weighted by Gasteiger charge is -2.08. The first-order chi connectivity index (χ1) is 15.3. The summed E-state index contributed by atoms with van der Waals surface area (Å²) in [6, 6.07) is 17.8. The van der Waals surface area contributed by atoms with Gasteiger partial charge in [0.15, 0.2) is 0 Å². The quantitative estimate of drug-likeness (QED) is 0.157. The highest BCUT2D eigenvalue weighted by atomic mass is 79.9. The van der Waals surface area contributed by atoms with Gasteiger partial charge in [0.2, 0.25) is 0 Å². The van der Waals surface area contributed by atoms with Crippen LogP contribution in [-0.2, 0) is 9.59 Å². The molecule has 162 valence electrons. The Labute approximate surface area is 201 Å². The molecule has 10 heteroatoms. The molecule has 0 spiro atoms. The van der Waals surface area contributed by atoms with Crippen molar-refractivity contribution in [3.8, 4) is 5.75 Å². The van der Waals surface area contributed by atoms with Gasteiger partial charge in [0.1, 0.15) is 5.75 Å². The minimum absolute atomic E-state index is 0.223. The van der Waals surface area contributed by atoms with E-state index in [9.17, 15) is 14.4 Å². The Balaban J connectivity index is 1.65. The second-order valence-corrected chi connectivity index (χ2v) is 7.95. The molecular weight excluding hydrogens is 521 g/mol. The molecule has 0 aliphatic heterocycles. The van der Waals surface area contributed by atoms with Gasteiger partial charge in [0.25, 0.3) is 0 Å². The Morgan fingerprint density at radius 2 is 1.66 bits per heavy atom. The minimum atomic E-state index is -1.01. The number of anilines is 1. The van der Waals surface area contributed by atoms with Gasteiger partial charge >= 0.3 is 17.8 Å². The van der Waals surface area contributed by atoms with E-state index in [1.54, 1.807) is 48.5 Å². The Bertz CT molecular complexity index is 1200. The maximum absolute atomic E-state index is 12.3. The van der Waals surface area contributed by atoms with Crippen LogP contribution in [-0.4, -0.2) is 24.0 Å². The van der Waals surface area contributed by atoms with E-state index < -0.39 is 17.8 Å². The zero-order chi connectivity index (χ0) is 23.1. The first-order valence-electron chi connectivity index (χ1n) is 8.99. The molecule has 7 nitrogen and oxygen atoms in total. The van der Waals surface area contributed by atoms with Crippen LogP contribution in [0.4, 0.5) is 5.69 Å². The number of hydrogen-bond acceptors (Lipinski definition) is 5. The summed E-state index contributed by atoms with van der Waals surface area (Å²) in [5.41, 5.74) is 3.19. The summed E-state index contributed by atoms with van der Waals surface area (Å²) in [6.45, 7) is 0. The molecule has 0 aliphatic carbocycles. The lowest BCUT2D eigenvalue weighted by molar-refractivity contribution is -0.136. The number of hydrogen-bond donors (Lipinski definition) is 2. The highest BCUT2D eigenvalue weighted by molar-refractivity contribution is 9.10. The first kappa shape index (κ1) is 23.5. The van der Waals surface area contributed by atoms with E-state index in [-0.39, 0.29) is 10.8 Å². The van der Waals surface area contributed by atoms with Crippen molar-refractivity contribution in [3.05, 3.63) is 92.4 Å². The van der Waals surface area contributed by atoms with Crippen LogP contribution in [0.5, 0.6) is 5.75 Å². The van der Waals surface area contributed by atoms with Crippen molar-refractivity contribution in [3.63, 3.8) is 0 Å². The number of carbonyl (C=O) groups excluding carboxylic acids is 3. The standard InChI is InChI=1S/C22H14BrCl2N3O4/c23-15-6-9-19(32-22(31)13-4-2-1-3-5-13)14(10-15)12-26-28-21(30)20(29)27-16-7-8-17(24)18(25)11-16/h1-12H,(H,27,29)(H,28,30)/b26-12+. The third kappa shape index (κ3) is 6.40. The first-order valence-corrected chi connectivity index (χ1v) is 10.5. The highest BCUT2D eigenvalue weighted by Gasteiger charge is 2.14. The highest BCUT2D eigenvalue weighted by Crippen LogP contribution is 2.25. The van der Waals surface area contributed by atoms with Crippen molar-refractivity contribution in [1.82, 2.24) is 5.43 Å². The number of ether oxygens (including phenoxy) is 1. The largest absolute Gasteiger partial charge is 0.422 e. The zero-order valence-electron chi connectivity index (χ0n) is 16.1. The van der Waals surface area contributed by atoms with Gasteiger partial charge in [-0.25, -0.2) is 10.2 Å². The average molecular weight is 535 g/mol. The second kappa shape index (κ2) is 10.9. The predicted octanol–water partition coefficient (Wildman–Crippen LogP) is 5.06. The summed E-state index contributed by atoms with van der Waals surface area (Å²) in [5, 5.41) is 6.70. The van der Waals surface area contributed by atoms with Gasteiger partial charge in [0.05, 0.1) is 21.8 Å². The molecule has 0 bridgehead atoms. The van der Waals surface area contributed by atoms with E-state index in [1.807, 2.05) is 0 Å². The van der Waals surface area contributed by atoms with Crippen molar-refractivity contribution in [2.24, 2.45) is 5.10 Å². The molecule has 32 heavy (non-hydrogen) atoms. The van der Waals surface area contributed by atoms with E-state index in [2.05, 4.69) is 31.8 Å². The van der Waals surface area contributed by atoms with Crippen LogP contribution >= 0.6 is 39.1 Å². The van der Waals surface area contributed by atoms with Crippen LogP contribution in [0.15, 0.2) is 76.3 Å². The molecule has 3 rings (SSSR count). The summed E-state index contributed by atoms with van der Waals surface area (Å²) in [7, 11) is 0. The summed E-state index contributed by atoms with van der Waals surface area (Å²) >= 11 is 15.0. The van der Waals surface area contributed by atoms with E-state index in [4.69, 9.17) is 27.9 Å². The molecule has 0 aromatic heterocycles. The molecule has 0 unspecified atom stereocenters. The van der Waals surface area contributed by atoms with Crippen LogP contribution in [0.2, 0.25) is 10.0 Å².